The van der Waals surface area contributed by atoms with Crippen molar-refractivity contribution in [3.05, 3.63) is 52.7 Å². The molecule has 7 nitrogen and oxygen atoms in total. The molecule has 1 amide bonds. The molecule has 1 aliphatic heterocycles. The average Bonchev–Trinajstić information content (AvgIpc) is 3.37. The molecule has 1 aromatic carbocycles. The van der Waals surface area contributed by atoms with Crippen molar-refractivity contribution in [2.75, 3.05) is 17.8 Å². The number of thiazole rings is 1. The second-order valence-corrected chi connectivity index (χ2v) is 10.8. The highest BCUT2D eigenvalue weighted by Gasteiger charge is 2.25. The number of hydrogen-bond donors (Lipinski definition) is 1. The van der Waals surface area contributed by atoms with E-state index in [2.05, 4.69) is 16.6 Å². The van der Waals surface area contributed by atoms with Crippen molar-refractivity contribution in [3.63, 3.8) is 0 Å². The highest BCUT2D eigenvalue weighted by Crippen LogP contribution is 2.32. The van der Waals surface area contributed by atoms with Gasteiger partial charge in [0.1, 0.15) is 14.8 Å². The maximum absolute atomic E-state index is 12.9. The van der Waals surface area contributed by atoms with Gasteiger partial charge in [-0.15, -0.1) is 11.3 Å². The Bertz CT molecular complexity index is 1220. The zero-order valence-corrected chi connectivity index (χ0v) is 20.2. The van der Waals surface area contributed by atoms with E-state index >= 15 is 0 Å². The Labute approximate surface area is 193 Å². The molecule has 0 bridgehead atoms. The molecule has 9 heteroatoms. The van der Waals surface area contributed by atoms with Crippen molar-refractivity contribution in [1.29, 1.82) is 0 Å². The van der Waals surface area contributed by atoms with Crippen molar-refractivity contribution < 1.29 is 13.2 Å². The van der Waals surface area contributed by atoms with Crippen LogP contribution in [0, 0.1) is 6.92 Å². The minimum Gasteiger partial charge on any atom is -0.347 e. The van der Waals surface area contributed by atoms with E-state index in [0.717, 1.165) is 44.3 Å². The minimum atomic E-state index is -3.75. The van der Waals surface area contributed by atoms with Gasteiger partial charge in [0.15, 0.2) is 0 Å². The first-order valence-corrected chi connectivity index (χ1v) is 13.1. The monoisotopic (exact) mass is 472 g/mol. The van der Waals surface area contributed by atoms with Crippen LogP contribution in [-0.4, -0.2) is 41.9 Å². The second-order valence-electron chi connectivity index (χ2n) is 8.11. The minimum absolute atomic E-state index is 0.0187. The fourth-order valence-corrected chi connectivity index (χ4v) is 6.08. The first-order chi connectivity index (χ1) is 15.3. The number of aromatic nitrogens is 2. The molecule has 0 radical (unpaired) electrons. The van der Waals surface area contributed by atoms with E-state index in [1.807, 2.05) is 24.0 Å². The molecule has 0 spiro atoms. The van der Waals surface area contributed by atoms with Crippen LogP contribution in [0.15, 0.2) is 41.4 Å². The molecular weight excluding hydrogens is 444 g/mol. The summed E-state index contributed by atoms with van der Waals surface area (Å²) in [4.78, 5) is 20.2. The summed E-state index contributed by atoms with van der Waals surface area (Å²) in [5.41, 5.74) is 3.01. The van der Waals surface area contributed by atoms with Crippen molar-refractivity contribution in [3.8, 4) is 10.7 Å². The zero-order chi connectivity index (χ0) is 22.9. The van der Waals surface area contributed by atoms with Gasteiger partial charge in [-0.3, -0.25) is 9.52 Å². The normalized spacial score (nSPS) is 14.5. The molecule has 170 valence electrons. The smallest absolute Gasteiger partial charge is 0.265 e. The van der Waals surface area contributed by atoms with Crippen LogP contribution >= 0.6 is 11.3 Å². The standard InChI is InChI=1S/C23H28N4O3S2/c1-4-17-8-10-18(11-9-17)25-32(29,30)19-14-20(26(3)15-19)22-24-16(2)21(31-22)23(28)27-12-6-5-7-13-27/h8-11,14-15,25H,4-7,12-13H2,1-3H3. The van der Waals surface area contributed by atoms with Gasteiger partial charge < -0.3 is 9.47 Å². The number of benzene rings is 1. The molecule has 4 rings (SSSR count). The predicted octanol–water partition coefficient (Wildman–Crippen LogP) is 4.45. The Kier molecular flexibility index (Phi) is 6.39. The topological polar surface area (TPSA) is 84.3 Å². The van der Waals surface area contributed by atoms with E-state index in [0.29, 0.717) is 27.0 Å². The zero-order valence-electron chi connectivity index (χ0n) is 18.6. The van der Waals surface area contributed by atoms with Crippen LogP contribution in [0.2, 0.25) is 0 Å². The molecule has 0 atom stereocenters. The fraction of sp³-hybridized carbons (Fsp3) is 0.391. The number of aryl methyl sites for hydroxylation is 3. The van der Waals surface area contributed by atoms with Gasteiger partial charge >= 0.3 is 0 Å². The lowest BCUT2D eigenvalue weighted by Crippen LogP contribution is -2.35. The molecule has 3 aromatic rings. The lowest BCUT2D eigenvalue weighted by molar-refractivity contribution is 0.0728. The number of carbonyl (C=O) groups excluding carboxylic acids is 1. The molecule has 0 saturated carbocycles. The Balaban J connectivity index is 1.58. The Morgan fingerprint density at radius 3 is 2.50 bits per heavy atom. The van der Waals surface area contributed by atoms with Gasteiger partial charge in [-0.2, -0.15) is 0 Å². The third-order valence-corrected chi connectivity index (χ3v) is 8.27. The van der Waals surface area contributed by atoms with Crippen LogP contribution in [0.1, 0.15) is 47.1 Å². The number of sulfonamides is 1. The predicted molar refractivity (Wildman–Crippen MR) is 128 cm³/mol. The molecule has 2 aromatic heterocycles. The molecule has 3 heterocycles. The van der Waals surface area contributed by atoms with Gasteiger partial charge in [-0.1, -0.05) is 19.1 Å². The quantitative estimate of drug-likeness (QED) is 0.575. The van der Waals surface area contributed by atoms with Crippen LogP contribution in [0.25, 0.3) is 10.7 Å². The molecule has 32 heavy (non-hydrogen) atoms. The lowest BCUT2D eigenvalue weighted by Gasteiger charge is -2.26. The summed E-state index contributed by atoms with van der Waals surface area (Å²) in [5.74, 6) is 0.0187. The molecule has 0 aliphatic carbocycles. The van der Waals surface area contributed by atoms with E-state index < -0.39 is 10.0 Å². The van der Waals surface area contributed by atoms with Gasteiger partial charge in [0.25, 0.3) is 15.9 Å². The van der Waals surface area contributed by atoms with Gasteiger partial charge in [-0.25, -0.2) is 13.4 Å². The highest BCUT2D eigenvalue weighted by atomic mass is 32.2. The van der Waals surface area contributed by atoms with Gasteiger partial charge in [0, 0.05) is 32.0 Å². The number of piperidine rings is 1. The number of hydrogen-bond acceptors (Lipinski definition) is 5. The highest BCUT2D eigenvalue weighted by molar-refractivity contribution is 7.92. The maximum atomic E-state index is 12.9. The van der Waals surface area contributed by atoms with E-state index in [1.54, 1.807) is 36.0 Å². The first-order valence-electron chi connectivity index (χ1n) is 10.8. The average molecular weight is 473 g/mol. The van der Waals surface area contributed by atoms with Gasteiger partial charge in [0.2, 0.25) is 0 Å². The van der Waals surface area contributed by atoms with E-state index in [9.17, 15) is 13.2 Å². The maximum Gasteiger partial charge on any atom is 0.265 e. The summed E-state index contributed by atoms with van der Waals surface area (Å²) in [5, 5.41) is 0.638. The summed E-state index contributed by atoms with van der Waals surface area (Å²) in [6.45, 7) is 5.45. The SMILES string of the molecule is CCc1ccc(NS(=O)(=O)c2cc(-c3nc(C)c(C(=O)N4CCCCC4)s3)n(C)c2)cc1. The number of likely N-dealkylation sites (tertiary alicyclic amines) is 1. The van der Waals surface area contributed by atoms with Crippen molar-refractivity contribution in [2.45, 2.75) is 44.4 Å². The molecular formula is C23H28N4O3S2. The summed E-state index contributed by atoms with van der Waals surface area (Å²) >= 11 is 1.32. The van der Waals surface area contributed by atoms with E-state index in [-0.39, 0.29) is 10.8 Å². The first kappa shape index (κ1) is 22.5. The van der Waals surface area contributed by atoms with E-state index in [4.69, 9.17) is 0 Å². The van der Waals surface area contributed by atoms with Crippen LogP contribution in [0.3, 0.4) is 0 Å². The van der Waals surface area contributed by atoms with Crippen LogP contribution in [0.5, 0.6) is 0 Å². The van der Waals surface area contributed by atoms with Crippen molar-refractivity contribution in [1.82, 2.24) is 14.5 Å². The van der Waals surface area contributed by atoms with E-state index in [1.165, 1.54) is 11.3 Å². The summed E-state index contributed by atoms with van der Waals surface area (Å²) in [6, 6.07) is 8.96. The number of carbonyl (C=O) groups is 1. The van der Waals surface area contributed by atoms with Crippen molar-refractivity contribution in [2.24, 2.45) is 7.05 Å². The number of rotatable bonds is 6. The summed E-state index contributed by atoms with van der Waals surface area (Å²) in [7, 11) is -1.96. The number of amides is 1. The van der Waals surface area contributed by atoms with Crippen molar-refractivity contribution >= 4 is 33.0 Å². The summed E-state index contributed by atoms with van der Waals surface area (Å²) < 4.78 is 30.3. The van der Waals surface area contributed by atoms with Gasteiger partial charge in [0.05, 0.1) is 11.4 Å². The molecule has 1 fully saturated rings. The largest absolute Gasteiger partial charge is 0.347 e. The number of anilines is 1. The Morgan fingerprint density at radius 2 is 1.84 bits per heavy atom. The Hall–Kier alpha value is -2.65. The third kappa shape index (κ3) is 4.59. The second kappa shape index (κ2) is 9.07. The van der Waals surface area contributed by atoms with Crippen LogP contribution in [-0.2, 0) is 23.5 Å². The summed E-state index contributed by atoms with van der Waals surface area (Å²) in [6.07, 6.45) is 5.69. The molecule has 1 N–H and O–H groups in total. The van der Waals surface area contributed by atoms with Crippen LogP contribution in [0.4, 0.5) is 5.69 Å². The van der Waals surface area contributed by atoms with Crippen LogP contribution < -0.4 is 4.72 Å². The molecule has 0 unspecified atom stereocenters. The lowest BCUT2D eigenvalue weighted by atomic mass is 10.1. The Morgan fingerprint density at radius 1 is 1.16 bits per heavy atom. The van der Waals surface area contributed by atoms with Gasteiger partial charge in [-0.05, 0) is 56.4 Å². The molecule has 1 saturated heterocycles. The molecule has 1 aliphatic rings. The number of nitrogens with one attached hydrogen (secondary N) is 1. The fourth-order valence-electron chi connectivity index (χ4n) is 3.86. The third-order valence-electron chi connectivity index (χ3n) is 5.76. The number of nitrogens with zero attached hydrogens (tertiary/aromatic N) is 3.